The molecule has 0 nitrogen and oxygen atoms in total. The van der Waals surface area contributed by atoms with E-state index in [1.54, 1.807) is 5.57 Å². The lowest BCUT2D eigenvalue weighted by Crippen LogP contribution is -2.36. The molecule has 1 aliphatic carbocycles. The Bertz CT molecular complexity index is 328. The average Bonchev–Trinajstić information content (AvgIpc) is 2.42. The fraction of sp³-hybridized carbons (Fsp3) is 0.789. The highest BCUT2D eigenvalue weighted by molar-refractivity contribution is 6.79. The predicted molar refractivity (Wildman–Crippen MR) is 96.1 cm³/mol. The third kappa shape index (κ3) is 5.24. The zero-order valence-corrected chi connectivity index (χ0v) is 15.6. The highest BCUT2D eigenvalue weighted by Gasteiger charge is 2.35. The minimum Gasteiger partial charge on any atom is -0.103 e. The van der Waals surface area contributed by atoms with Crippen LogP contribution in [0, 0.1) is 5.92 Å². The van der Waals surface area contributed by atoms with Gasteiger partial charge in [-0.1, -0.05) is 76.4 Å². The van der Waals surface area contributed by atoms with Crippen LogP contribution in [0.25, 0.3) is 0 Å². The van der Waals surface area contributed by atoms with Gasteiger partial charge in [0.1, 0.15) is 0 Å². The fourth-order valence-corrected chi connectivity index (χ4v) is 4.62. The first-order chi connectivity index (χ1) is 9.28. The van der Waals surface area contributed by atoms with E-state index in [9.17, 15) is 0 Å². The topological polar surface area (TPSA) is 0 Å². The average molecular weight is 293 g/mol. The Morgan fingerprint density at radius 2 is 1.80 bits per heavy atom. The maximum atomic E-state index is 4.11. The molecule has 1 aliphatic rings. The summed E-state index contributed by atoms with van der Waals surface area (Å²) in [5.41, 5.74) is 1.60. The van der Waals surface area contributed by atoms with E-state index < -0.39 is 8.07 Å². The van der Waals surface area contributed by atoms with E-state index in [4.69, 9.17) is 0 Å². The molecule has 0 saturated heterocycles. The molecule has 1 saturated carbocycles. The van der Waals surface area contributed by atoms with Gasteiger partial charge in [-0.25, -0.2) is 0 Å². The predicted octanol–water partition coefficient (Wildman–Crippen LogP) is 6.97. The van der Waals surface area contributed by atoms with Gasteiger partial charge >= 0.3 is 0 Å². The van der Waals surface area contributed by atoms with Gasteiger partial charge in [-0.2, -0.15) is 0 Å². The maximum absolute atomic E-state index is 4.11. The van der Waals surface area contributed by atoms with E-state index in [0.29, 0.717) is 5.04 Å². The van der Waals surface area contributed by atoms with Gasteiger partial charge in [-0.3, -0.25) is 0 Å². The Morgan fingerprint density at radius 3 is 2.30 bits per heavy atom. The number of rotatable bonds is 7. The van der Waals surface area contributed by atoms with Gasteiger partial charge < -0.3 is 0 Å². The first kappa shape index (κ1) is 17.7. The van der Waals surface area contributed by atoms with Crippen molar-refractivity contribution in [2.45, 2.75) is 89.9 Å². The monoisotopic (exact) mass is 292 g/mol. The molecule has 20 heavy (non-hydrogen) atoms. The van der Waals surface area contributed by atoms with Crippen molar-refractivity contribution in [1.82, 2.24) is 0 Å². The first-order valence-corrected chi connectivity index (χ1v) is 12.1. The lowest BCUT2D eigenvalue weighted by molar-refractivity contribution is 0.360. The molecule has 0 aromatic rings. The Labute approximate surface area is 128 Å². The summed E-state index contributed by atoms with van der Waals surface area (Å²) in [6, 6.07) is 0. The van der Waals surface area contributed by atoms with Crippen molar-refractivity contribution in [3.63, 3.8) is 0 Å². The Hall–Kier alpha value is -0.303. The third-order valence-corrected chi connectivity index (χ3v) is 9.61. The normalized spacial score (nSPS) is 21.6. The summed E-state index contributed by atoms with van der Waals surface area (Å²) >= 11 is 0. The van der Waals surface area contributed by atoms with Crippen LogP contribution in [-0.2, 0) is 0 Å². The standard InChI is InChI=1S/C19H36Si/c1-7-19(3,20(4,5)6)16-15-17(2)13-14-18-11-9-8-10-12-18/h7,13,18H,1,8-12,14-16H2,2-6H3/b17-13+. The molecule has 1 fully saturated rings. The Kier molecular flexibility index (Phi) is 6.77. The SMILES string of the molecule is C=CC(C)(CC/C(C)=C/CC1CCCCC1)[Si](C)(C)C. The van der Waals surface area contributed by atoms with E-state index in [0.717, 1.165) is 5.92 Å². The Morgan fingerprint density at radius 1 is 1.20 bits per heavy atom. The van der Waals surface area contributed by atoms with Crippen LogP contribution < -0.4 is 0 Å². The molecule has 0 bridgehead atoms. The van der Waals surface area contributed by atoms with Crippen molar-refractivity contribution >= 4 is 8.07 Å². The van der Waals surface area contributed by atoms with Gasteiger partial charge in [0, 0.05) is 0 Å². The summed E-state index contributed by atoms with van der Waals surface area (Å²) in [7, 11) is -1.18. The largest absolute Gasteiger partial charge is 0.103 e. The van der Waals surface area contributed by atoms with Crippen LogP contribution in [0.1, 0.15) is 65.2 Å². The minimum atomic E-state index is -1.18. The van der Waals surface area contributed by atoms with E-state index >= 15 is 0 Å². The van der Waals surface area contributed by atoms with Gasteiger partial charge in [-0.15, -0.1) is 6.58 Å². The molecule has 0 N–H and O–H groups in total. The van der Waals surface area contributed by atoms with Crippen LogP contribution in [0.5, 0.6) is 0 Å². The van der Waals surface area contributed by atoms with Gasteiger partial charge in [0.15, 0.2) is 0 Å². The van der Waals surface area contributed by atoms with Gasteiger partial charge in [0.05, 0.1) is 8.07 Å². The molecule has 116 valence electrons. The molecule has 0 aromatic carbocycles. The number of hydrogen-bond donors (Lipinski definition) is 0. The molecule has 1 rings (SSSR count). The minimum absolute atomic E-state index is 0.368. The highest BCUT2D eigenvalue weighted by atomic mass is 28.3. The molecule has 1 heteroatoms. The van der Waals surface area contributed by atoms with Crippen molar-refractivity contribution in [1.29, 1.82) is 0 Å². The second-order valence-corrected chi connectivity index (χ2v) is 13.8. The van der Waals surface area contributed by atoms with E-state index in [1.165, 1.54) is 51.4 Å². The van der Waals surface area contributed by atoms with Gasteiger partial charge in [0.25, 0.3) is 0 Å². The van der Waals surface area contributed by atoms with Crippen LogP contribution in [0.2, 0.25) is 24.7 Å². The third-order valence-electron chi connectivity index (χ3n) is 5.73. The quantitative estimate of drug-likeness (QED) is 0.351. The molecule has 0 spiro atoms. The van der Waals surface area contributed by atoms with Crippen molar-refractivity contribution in [3.05, 3.63) is 24.3 Å². The number of allylic oxidation sites excluding steroid dienone is 3. The molecule has 0 amide bonds. The van der Waals surface area contributed by atoms with Crippen LogP contribution >= 0.6 is 0 Å². The molecule has 0 heterocycles. The summed E-state index contributed by atoms with van der Waals surface area (Å²) in [5.74, 6) is 0.974. The lowest BCUT2D eigenvalue weighted by Gasteiger charge is -2.38. The molecule has 0 aliphatic heterocycles. The van der Waals surface area contributed by atoms with Gasteiger partial charge in [-0.05, 0) is 37.1 Å². The van der Waals surface area contributed by atoms with Crippen LogP contribution in [-0.4, -0.2) is 8.07 Å². The molecule has 1 atom stereocenters. The smallest absolute Gasteiger partial charge is 0.0545 e. The first-order valence-electron chi connectivity index (χ1n) is 8.58. The number of hydrogen-bond acceptors (Lipinski definition) is 0. The maximum Gasteiger partial charge on any atom is 0.0545 e. The van der Waals surface area contributed by atoms with Crippen molar-refractivity contribution in [3.8, 4) is 0 Å². The van der Waals surface area contributed by atoms with E-state index in [-0.39, 0.29) is 0 Å². The highest BCUT2D eigenvalue weighted by Crippen LogP contribution is 2.44. The molecular formula is C19H36Si. The van der Waals surface area contributed by atoms with E-state index in [1.807, 2.05) is 0 Å². The van der Waals surface area contributed by atoms with Crippen molar-refractivity contribution in [2.75, 3.05) is 0 Å². The summed E-state index contributed by atoms with van der Waals surface area (Å²) in [4.78, 5) is 0. The van der Waals surface area contributed by atoms with Gasteiger partial charge in [0.2, 0.25) is 0 Å². The fourth-order valence-electron chi connectivity index (χ4n) is 3.13. The molecular weight excluding hydrogens is 256 g/mol. The molecule has 0 aromatic heterocycles. The summed E-state index contributed by atoms with van der Waals surface area (Å²) in [6.45, 7) is 16.3. The van der Waals surface area contributed by atoms with Crippen molar-refractivity contribution < 1.29 is 0 Å². The zero-order chi connectivity index (χ0) is 15.2. The van der Waals surface area contributed by atoms with Crippen LogP contribution in [0.4, 0.5) is 0 Å². The summed E-state index contributed by atoms with van der Waals surface area (Å²) in [5, 5.41) is 0.368. The zero-order valence-electron chi connectivity index (χ0n) is 14.6. The molecule has 1 unspecified atom stereocenters. The second kappa shape index (κ2) is 7.63. The lowest BCUT2D eigenvalue weighted by atomic mass is 9.86. The van der Waals surface area contributed by atoms with E-state index in [2.05, 4.69) is 52.2 Å². The van der Waals surface area contributed by atoms with Crippen molar-refractivity contribution in [2.24, 2.45) is 5.92 Å². The van der Waals surface area contributed by atoms with Crippen LogP contribution in [0.3, 0.4) is 0 Å². The Balaban J connectivity index is 2.44. The second-order valence-electron chi connectivity index (χ2n) is 8.16. The molecule has 0 radical (unpaired) electrons. The summed E-state index contributed by atoms with van der Waals surface area (Å²) in [6.07, 6.45) is 15.9. The summed E-state index contributed by atoms with van der Waals surface area (Å²) < 4.78 is 0. The van der Waals surface area contributed by atoms with Crippen LogP contribution in [0.15, 0.2) is 24.3 Å².